The first kappa shape index (κ1) is 12.5. The second kappa shape index (κ2) is 5.14. The Bertz CT molecular complexity index is 377. The Morgan fingerprint density at radius 1 is 1.53 bits per heavy atom. The Kier molecular flexibility index (Phi) is 3.79. The number of nitrogens with zero attached hydrogens (tertiary/aromatic N) is 2. The monoisotopic (exact) mass is 253 g/mol. The highest BCUT2D eigenvalue weighted by Gasteiger charge is 2.35. The highest BCUT2D eigenvalue weighted by Crippen LogP contribution is 2.26. The molecule has 4 nitrogen and oxygen atoms in total. The molecule has 1 N–H and O–H groups in total. The third kappa shape index (κ3) is 2.66. The van der Waals surface area contributed by atoms with Gasteiger partial charge in [-0.05, 0) is 13.3 Å². The molecule has 1 amide bonds. The van der Waals surface area contributed by atoms with E-state index in [4.69, 9.17) is 0 Å². The van der Waals surface area contributed by atoms with Crippen LogP contribution in [0.15, 0.2) is 11.6 Å². The van der Waals surface area contributed by atoms with Crippen LogP contribution in [-0.4, -0.2) is 34.4 Å². The molecular formula is C12H19N3OS. The number of likely N-dealkylation sites (tertiary alicyclic amines) is 1. The maximum Gasteiger partial charge on any atom is 0.240 e. The summed E-state index contributed by atoms with van der Waals surface area (Å²) in [5.74, 6) is 0.210. The van der Waals surface area contributed by atoms with E-state index in [1.54, 1.807) is 17.5 Å². The fourth-order valence-electron chi connectivity index (χ4n) is 2.22. The number of thiazole rings is 1. The lowest BCUT2D eigenvalue weighted by atomic mass is 10.2. The minimum absolute atomic E-state index is 0.0163. The van der Waals surface area contributed by atoms with Crippen molar-refractivity contribution in [2.24, 2.45) is 0 Å². The normalized spacial score (nSPS) is 22.5. The number of carbonyl (C=O) groups excluding carboxylic acids is 1. The minimum atomic E-state index is -0.0163. The van der Waals surface area contributed by atoms with Crippen LogP contribution in [0, 0.1) is 0 Å². The van der Waals surface area contributed by atoms with E-state index in [-0.39, 0.29) is 18.0 Å². The molecule has 2 unspecified atom stereocenters. The maximum absolute atomic E-state index is 12.2. The van der Waals surface area contributed by atoms with Gasteiger partial charge >= 0.3 is 0 Å². The summed E-state index contributed by atoms with van der Waals surface area (Å²) in [5, 5.41) is 6.29. The van der Waals surface area contributed by atoms with E-state index >= 15 is 0 Å². The molecule has 1 aromatic rings. The van der Waals surface area contributed by atoms with Crippen LogP contribution in [0.25, 0.3) is 0 Å². The van der Waals surface area contributed by atoms with Gasteiger partial charge in [-0.25, -0.2) is 4.98 Å². The number of carbonyl (C=O) groups is 1. The highest BCUT2D eigenvalue weighted by molar-refractivity contribution is 7.09. The van der Waals surface area contributed by atoms with Crippen LogP contribution >= 0.6 is 11.3 Å². The van der Waals surface area contributed by atoms with Crippen LogP contribution in [0.1, 0.15) is 38.2 Å². The van der Waals surface area contributed by atoms with Gasteiger partial charge in [0, 0.05) is 24.2 Å². The van der Waals surface area contributed by atoms with Gasteiger partial charge in [-0.15, -0.1) is 11.3 Å². The Morgan fingerprint density at radius 2 is 2.29 bits per heavy atom. The molecule has 2 heterocycles. The van der Waals surface area contributed by atoms with Crippen molar-refractivity contribution >= 4 is 17.2 Å². The Balaban J connectivity index is 2.02. The predicted octanol–water partition coefficient (Wildman–Crippen LogP) is 1.80. The van der Waals surface area contributed by atoms with E-state index in [1.807, 2.05) is 10.3 Å². The average Bonchev–Trinajstić information content (AvgIpc) is 2.88. The summed E-state index contributed by atoms with van der Waals surface area (Å²) in [6.07, 6.45) is 2.69. The SMILES string of the molecule is CC(C)NC1CCN(C(C)c2nccs2)C1=O. The van der Waals surface area contributed by atoms with E-state index < -0.39 is 0 Å². The highest BCUT2D eigenvalue weighted by atomic mass is 32.1. The van der Waals surface area contributed by atoms with Crippen LogP contribution in [0.3, 0.4) is 0 Å². The standard InChI is InChI=1S/C12H19N3OS/c1-8(2)14-10-4-6-15(12(10)16)9(3)11-13-5-7-17-11/h5,7-10,14H,4,6H2,1-3H3. The molecule has 17 heavy (non-hydrogen) atoms. The molecule has 1 fully saturated rings. The predicted molar refractivity (Wildman–Crippen MR) is 68.9 cm³/mol. The lowest BCUT2D eigenvalue weighted by Crippen LogP contribution is -2.42. The lowest BCUT2D eigenvalue weighted by Gasteiger charge is -2.23. The molecule has 0 saturated carbocycles. The molecule has 0 bridgehead atoms. The largest absolute Gasteiger partial charge is 0.332 e. The fourth-order valence-corrected chi connectivity index (χ4v) is 2.92. The number of hydrogen-bond acceptors (Lipinski definition) is 4. The second-order valence-corrected chi connectivity index (χ2v) is 5.67. The molecule has 2 rings (SSSR count). The molecule has 1 saturated heterocycles. The summed E-state index contributed by atoms with van der Waals surface area (Å²) < 4.78 is 0. The van der Waals surface area contributed by atoms with Crippen molar-refractivity contribution in [3.8, 4) is 0 Å². The van der Waals surface area contributed by atoms with Gasteiger partial charge in [-0.1, -0.05) is 13.8 Å². The minimum Gasteiger partial charge on any atom is -0.332 e. The summed E-state index contributed by atoms with van der Waals surface area (Å²) in [6, 6.07) is 0.429. The van der Waals surface area contributed by atoms with Gasteiger partial charge in [0.15, 0.2) is 0 Å². The van der Waals surface area contributed by atoms with Gasteiger partial charge in [0.1, 0.15) is 5.01 Å². The summed E-state index contributed by atoms with van der Waals surface area (Å²) >= 11 is 1.61. The van der Waals surface area contributed by atoms with E-state index in [1.165, 1.54) is 0 Å². The van der Waals surface area contributed by atoms with Gasteiger partial charge in [0.25, 0.3) is 0 Å². The molecule has 94 valence electrons. The van der Waals surface area contributed by atoms with E-state index in [9.17, 15) is 4.79 Å². The lowest BCUT2D eigenvalue weighted by molar-refractivity contribution is -0.131. The second-order valence-electron chi connectivity index (χ2n) is 4.74. The smallest absolute Gasteiger partial charge is 0.240 e. The molecule has 2 atom stereocenters. The van der Waals surface area contributed by atoms with Gasteiger partial charge in [-0.3, -0.25) is 4.79 Å². The van der Waals surface area contributed by atoms with Crippen molar-refractivity contribution in [3.05, 3.63) is 16.6 Å². The first-order valence-electron chi connectivity index (χ1n) is 6.05. The summed E-state index contributed by atoms with van der Waals surface area (Å²) in [6.45, 7) is 7.01. The Hall–Kier alpha value is -0.940. The summed E-state index contributed by atoms with van der Waals surface area (Å²) in [7, 11) is 0. The molecule has 0 aromatic carbocycles. The van der Waals surface area contributed by atoms with Crippen molar-refractivity contribution in [1.82, 2.24) is 15.2 Å². The molecule has 0 radical (unpaired) electrons. The number of aromatic nitrogens is 1. The molecule has 5 heteroatoms. The zero-order chi connectivity index (χ0) is 12.4. The first-order valence-corrected chi connectivity index (χ1v) is 6.93. The molecular weight excluding hydrogens is 234 g/mol. The van der Waals surface area contributed by atoms with Crippen molar-refractivity contribution in [2.75, 3.05) is 6.54 Å². The van der Waals surface area contributed by atoms with Gasteiger partial charge in [0.2, 0.25) is 5.91 Å². The van der Waals surface area contributed by atoms with Crippen LogP contribution < -0.4 is 5.32 Å². The van der Waals surface area contributed by atoms with E-state index in [0.29, 0.717) is 6.04 Å². The Morgan fingerprint density at radius 3 is 2.88 bits per heavy atom. The molecule has 1 aromatic heterocycles. The van der Waals surface area contributed by atoms with Crippen LogP contribution in [0.4, 0.5) is 0 Å². The van der Waals surface area contributed by atoms with Gasteiger partial charge < -0.3 is 10.2 Å². The zero-order valence-corrected chi connectivity index (χ0v) is 11.3. The van der Waals surface area contributed by atoms with Gasteiger partial charge in [0.05, 0.1) is 12.1 Å². The third-order valence-electron chi connectivity index (χ3n) is 3.05. The van der Waals surface area contributed by atoms with Gasteiger partial charge in [-0.2, -0.15) is 0 Å². The van der Waals surface area contributed by atoms with Crippen LogP contribution in [0.2, 0.25) is 0 Å². The Labute approximate surface area is 106 Å². The number of hydrogen-bond donors (Lipinski definition) is 1. The fraction of sp³-hybridized carbons (Fsp3) is 0.667. The number of amides is 1. The van der Waals surface area contributed by atoms with E-state index in [2.05, 4.69) is 31.1 Å². The zero-order valence-electron chi connectivity index (χ0n) is 10.5. The van der Waals surface area contributed by atoms with Crippen molar-refractivity contribution < 1.29 is 4.79 Å². The molecule has 0 aliphatic carbocycles. The van der Waals surface area contributed by atoms with Crippen molar-refractivity contribution in [3.63, 3.8) is 0 Å². The molecule has 1 aliphatic rings. The van der Waals surface area contributed by atoms with Crippen molar-refractivity contribution in [2.45, 2.75) is 45.3 Å². The first-order chi connectivity index (χ1) is 8.09. The topological polar surface area (TPSA) is 45.2 Å². The van der Waals surface area contributed by atoms with Crippen LogP contribution in [-0.2, 0) is 4.79 Å². The van der Waals surface area contributed by atoms with E-state index in [0.717, 1.165) is 18.0 Å². The third-order valence-corrected chi connectivity index (χ3v) is 4.00. The summed E-state index contributed by atoms with van der Waals surface area (Å²) in [4.78, 5) is 18.4. The summed E-state index contributed by atoms with van der Waals surface area (Å²) in [5.41, 5.74) is 0. The quantitative estimate of drug-likeness (QED) is 0.890. The molecule has 0 spiro atoms. The number of nitrogens with one attached hydrogen (secondary N) is 1. The average molecular weight is 253 g/mol. The van der Waals surface area contributed by atoms with Crippen LogP contribution in [0.5, 0.6) is 0 Å². The number of rotatable bonds is 4. The molecule has 1 aliphatic heterocycles. The maximum atomic E-state index is 12.2. The van der Waals surface area contributed by atoms with Crippen molar-refractivity contribution in [1.29, 1.82) is 0 Å².